The molecule has 0 radical (unpaired) electrons. The fourth-order valence-corrected chi connectivity index (χ4v) is 4.60. The van der Waals surface area contributed by atoms with Crippen molar-refractivity contribution in [1.29, 1.82) is 0 Å². The third-order valence-corrected chi connectivity index (χ3v) is 6.68. The van der Waals surface area contributed by atoms with Gasteiger partial charge in [0.05, 0.1) is 22.8 Å². The Balaban J connectivity index is 1.44. The van der Waals surface area contributed by atoms with Crippen molar-refractivity contribution in [1.82, 2.24) is 14.5 Å². The lowest BCUT2D eigenvalue weighted by atomic mass is 10.1. The number of halogens is 5. The van der Waals surface area contributed by atoms with Crippen molar-refractivity contribution in [3.63, 3.8) is 0 Å². The summed E-state index contributed by atoms with van der Waals surface area (Å²) in [6.45, 7) is 1.68. The van der Waals surface area contributed by atoms with Crippen molar-refractivity contribution >= 4 is 28.7 Å². The molecule has 1 aliphatic carbocycles. The maximum absolute atomic E-state index is 14.3. The molecule has 5 rings (SSSR count). The molecular formula is C23H21ClF4N4O2. The minimum absolute atomic E-state index is 0.0540. The largest absolute Gasteiger partial charge is 0.433 e. The summed E-state index contributed by atoms with van der Waals surface area (Å²) >= 11 is 6.40. The average Bonchev–Trinajstić information content (AvgIpc) is 3.56. The van der Waals surface area contributed by atoms with E-state index in [4.69, 9.17) is 11.6 Å². The van der Waals surface area contributed by atoms with E-state index < -0.39 is 29.8 Å². The van der Waals surface area contributed by atoms with E-state index in [9.17, 15) is 27.5 Å². The number of aliphatic hydroxyl groups is 1. The minimum atomic E-state index is -4.67. The lowest BCUT2D eigenvalue weighted by molar-refractivity contribution is -0.142. The van der Waals surface area contributed by atoms with E-state index in [0.29, 0.717) is 15.6 Å². The van der Waals surface area contributed by atoms with Crippen LogP contribution in [0.4, 0.5) is 23.2 Å². The molecule has 3 aromatic rings. The van der Waals surface area contributed by atoms with Crippen LogP contribution in [0.15, 0.2) is 30.3 Å². The van der Waals surface area contributed by atoms with Crippen molar-refractivity contribution in [2.24, 2.45) is 0 Å². The van der Waals surface area contributed by atoms with Crippen LogP contribution in [-0.2, 0) is 11.0 Å². The highest BCUT2D eigenvalue weighted by atomic mass is 35.5. The van der Waals surface area contributed by atoms with Gasteiger partial charge in [0.25, 0.3) is 0 Å². The second-order valence-electron chi connectivity index (χ2n) is 8.79. The molecule has 0 bridgehead atoms. The Morgan fingerprint density at radius 2 is 1.91 bits per heavy atom. The zero-order chi connectivity index (χ0) is 24.4. The summed E-state index contributed by atoms with van der Waals surface area (Å²) in [7, 11) is 0. The van der Waals surface area contributed by atoms with Gasteiger partial charge < -0.3 is 10.0 Å². The van der Waals surface area contributed by atoms with Gasteiger partial charge in [0.2, 0.25) is 5.91 Å². The summed E-state index contributed by atoms with van der Waals surface area (Å²) in [6, 6.07) is 7.18. The normalized spacial score (nSPS) is 18.7. The van der Waals surface area contributed by atoms with Gasteiger partial charge in [0.15, 0.2) is 6.23 Å². The van der Waals surface area contributed by atoms with Gasteiger partial charge in [-0.2, -0.15) is 18.3 Å². The first-order valence-corrected chi connectivity index (χ1v) is 11.2. The highest BCUT2D eigenvalue weighted by Crippen LogP contribution is 2.44. The van der Waals surface area contributed by atoms with Gasteiger partial charge in [0.1, 0.15) is 17.2 Å². The molecule has 2 aliphatic rings. The van der Waals surface area contributed by atoms with Gasteiger partial charge in [-0.15, -0.1) is 0 Å². The van der Waals surface area contributed by atoms with Crippen molar-refractivity contribution in [3.05, 3.63) is 63.7 Å². The summed E-state index contributed by atoms with van der Waals surface area (Å²) in [5.74, 6) is -0.935. The molecule has 34 heavy (non-hydrogen) atoms. The Hall–Kier alpha value is -2.69. The number of fused-ring (bicyclic) bond motifs is 1. The number of anilines is 1. The lowest BCUT2D eigenvalue weighted by Crippen LogP contribution is -2.51. The highest BCUT2D eigenvalue weighted by Gasteiger charge is 2.39. The number of carbonyl (C=O) groups is 1. The molecule has 180 valence electrons. The third-order valence-electron chi connectivity index (χ3n) is 6.29. The van der Waals surface area contributed by atoms with Crippen LogP contribution in [0.5, 0.6) is 0 Å². The number of rotatable bonds is 4. The highest BCUT2D eigenvalue weighted by molar-refractivity contribution is 6.34. The molecule has 1 saturated carbocycles. The first kappa shape index (κ1) is 23.1. The number of hydrogen-bond acceptors (Lipinski definition) is 4. The predicted molar refractivity (Wildman–Crippen MR) is 117 cm³/mol. The molecule has 1 saturated heterocycles. The second-order valence-corrected chi connectivity index (χ2v) is 9.16. The van der Waals surface area contributed by atoms with Crippen LogP contribution in [0.25, 0.3) is 5.52 Å². The SMILES string of the molecule is Cc1ccc(N2CCN(C(O)c3nn4c(C(F)(F)F)cc(C5CC5)cc4c3Cl)CC2=O)c(F)c1. The number of amides is 1. The number of hydrogen-bond donors (Lipinski definition) is 1. The molecule has 1 atom stereocenters. The number of alkyl halides is 3. The van der Waals surface area contributed by atoms with Crippen LogP contribution < -0.4 is 4.90 Å². The quantitative estimate of drug-likeness (QED) is 0.533. The van der Waals surface area contributed by atoms with Gasteiger partial charge in [-0.25, -0.2) is 8.91 Å². The number of carbonyl (C=O) groups excluding carboxylic acids is 1. The number of benzene rings is 1. The Bertz CT molecular complexity index is 1290. The van der Waals surface area contributed by atoms with Crippen molar-refractivity contribution in [2.45, 2.75) is 38.1 Å². The fraction of sp³-hybridized carbons (Fsp3) is 0.391. The molecule has 6 nitrogen and oxygen atoms in total. The molecule has 0 spiro atoms. The molecule has 1 aliphatic heterocycles. The number of aromatic nitrogens is 2. The van der Waals surface area contributed by atoms with Crippen LogP contribution in [0.1, 0.15) is 47.5 Å². The van der Waals surface area contributed by atoms with E-state index in [1.165, 1.54) is 21.9 Å². The van der Waals surface area contributed by atoms with E-state index in [1.807, 2.05) is 0 Å². The van der Waals surface area contributed by atoms with Gasteiger partial charge in [-0.3, -0.25) is 9.69 Å². The predicted octanol–water partition coefficient (Wildman–Crippen LogP) is 4.67. The van der Waals surface area contributed by atoms with Gasteiger partial charge >= 0.3 is 6.18 Å². The van der Waals surface area contributed by atoms with Crippen molar-refractivity contribution in [2.75, 3.05) is 24.5 Å². The third kappa shape index (κ3) is 4.03. The second kappa shape index (κ2) is 8.21. The van der Waals surface area contributed by atoms with E-state index >= 15 is 0 Å². The van der Waals surface area contributed by atoms with Crippen molar-refractivity contribution in [3.8, 4) is 0 Å². The first-order valence-electron chi connectivity index (χ1n) is 10.8. The summed E-state index contributed by atoms with van der Waals surface area (Å²) in [6.07, 6.45) is -4.56. The van der Waals surface area contributed by atoms with Gasteiger partial charge in [-0.05, 0) is 61.1 Å². The standard InChI is InChI=1S/C23H21ClF4N4O2/c1-12-2-5-16(15(25)8-12)31-7-6-30(11-19(31)33)22(34)21-20(24)17-9-14(13-3-4-13)10-18(23(26,27)28)32(17)29-21/h2,5,8-10,13,22,34H,3-4,6-7,11H2,1H3. The molecule has 1 unspecified atom stereocenters. The Morgan fingerprint density at radius 3 is 2.53 bits per heavy atom. The van der Waals surface area contributed by atoms with Crippen LogP contribution in [0.2, 0.25) is 5.02 Å². The molecule has 3 heterocycles. The van der Waals surface area contributed by atoms with Gasteiger partial charge in [-0.1, -0.05) is 17.7 Å². The minimum Gasteiger partial charge on any atom is -0.372 e. The molecule has 1 amide bonds. The summed E-state index contributed by atoms with van der Waals surface area (Å²) in [4.78, 5) is 15.4. The molecule has 1 aromatic carbocycles. The van der Waals surface area contributed by atoms with E-state index in [2.05, 4.69) is 5.10 Å². The number of nitrogens with zero attached hydrogens (tertiary/aromatic N) is 4. The monoisotopic (exact) mass is 496 g/mol. The Kier molecular flexibility index (Phi) is 5.57. The maximum atomic E-state index is 14.3. The maximum Gasteiger partial charge on any atom is 0.433 e. The topological polar surface area (TPSA) is 61.1 Å². The van der Waals surface area contributed by atoms with E-state index in [1.54, 1.807) is 19.1 Å². The first-order chi connectivity index (χ1) is 16.0. The van der Waals surface area contributed by atoms with E-state index in [0.717, 1.165) is 18.9 Å². The summed E-state index contributed by atoms with van der Waals surface area (Å²) in [5.41, 5.74) is 0.307. The Morgan fingerprint density at radius 1 is 1.18 bits per heavy atom. The Labute approximate surface area is 197 Å². The summed E-state index contributed by atoms with van der Waals surface area (Å²) in [5, 5.41) is 14.8. The lowest BCUT2D eigenvalue weighted by Gasteiger charge is -2.36. The smallest absolute Gasteiger partial charge is 0.372 e. The van der Waals surface area contributed by atoms with Crippen LogP contribution in [0, 0.1) is 12.7 Å². The number of piperazine rings is 1. The zero-order valence-corrected chi connectivity index (χ0v) is 18.9. The molecule has 11 heteroatoms. The van der Waals surface area contributed by atoms with Crippen LogP contribution >= 0.6 is 11.6 Å². The molecular weight excluding hydrogens is 476 g/mol. The van der Waals surface area contributed by atoms with Gasteiger partial charge in [0, 0.05) is 13.1 Å². The number of aryl methyl sites for hydroxylation is 1. The zero-order valence-electron chi connectivity index (χ0n) is 18.1. The molecule has 2 fully saturated rings. The fourth-order valence-electron chi connectivity index (χ4n) is 4.33. The van der Waals surface area contributed by atoms with Crippen LogP contribution in [0.3, 0.4) is 0 Å². The molecule has 2 aromatic heterocycles. The molecule has 1 N–H and O–H groups in total. The van der Waals surface area contributed by atoms with E-state index in [-0.39, 0.29) is 47.5 Å². The number of aliphatic hydroxyl groups excluding tert-OH is 1. The van der Waals surface area contributed by atoms with Crippen molar-refractivity contribution < 1.29 is 27.5 Å². The van der Waals surface area contributed by atoms with Crippen LogP contribution in [-0.4, -0.2) is 45.2 Å². The summed E-state index contributed by atoms with van der Waals surface area (Å²) < 4.78 is 56.3. The average molecular weight is 497 g/mol. The number of pyridine rings is 1.